The first-order chi connectivity index (χ1) is 9.17. The minimum atomic E-state index is 0.477. The molecule has 0 aliphatic carbocycles. The van der Waals surface area contributed by atoms with Crippen molar-refractivity contribution in [1.82, 2.24) is 15.0 Å². The lowest BCUT2D eigenvalue weighted by Gasteiger charge is -2.02. The van der Waals surface area contributed by atoms with Crippen LogP contribution in [0.15, 0.2) is 36.4 Å². The average molecular weight is 275 g/mol. The molecule has 0 spiro atoms. The zero-order chi connectivity index (χ0) is 13.4. The molecule has 19 heavy (non-hydrogen) atoms. The Morgan fingerprint density at radius 3 is 2.63 bits per heavy atom. The lowest BCUT2D eigenvalue weighted by molar-refractivity contribution is 0.414. The van der Waals surface area contributed by atoms with Crippen molar-refractivity contribution in [2.75, 3.05) is 12.8 Å². The minimum absolute atomic E-state index is 0.477. The highest BCUT2D eigenvalue weighted by Gasteiger charge is 2.08. The van der Waals surface area contributed by atoms with Crippen LogP contribution in [0.1, 0.15) is 0 Å². The van der Waals surface area contributed by atoms with Gasteiger partial charge in [0.15, 0.2) is 0 Å². The number of fused-ring (bicyclic) bond motifs is 1. The van der Waals surface area contributed by atoms with Crippen LogP contribution in [0.5, 0.6) is 5.75 Å². The Kier molecular flexibility index (Phi) is 2.76. The topological polar surface area (TPSA) is 66.0 Å². The Hall–Kier alpha value is -2.27. The molecular formula is C13H11ClN4O. The number of hydrogen-bond donors (Lipinski definition) is 1. The molecule has 5 nitrogen and oxygen atoms in total. The van der Waals surface area contributed by atoms with E-state index in [1.807, 2.05) is 24.3 Å². The summed E-state index contributed by atoms with van der Waals surface area (Å²) in [4.78, 5) is 1.53. The Bertz CT molecular complexity index is 714. The summed E-state index contributed by atoms with van der Waals surface area (Å²) in [5.41, 5.74) is 8.45. The van der Waals surface area contributed by atoms with Gasteiger partial charge in [0.25, 0.3) is 0 Å². The molecular weight excluding hydrogens is 264 g/mol. The van der Waals surface area contributed by atoms with Crippen LogP contribution in [0.25, 0.3) is 16.7 Å². The van der Waals surface area contributed by atoms with E-state index in [2.05, 4.69) is 10.2 Å². The average Bonchev–Trinajstić information content (AvgIpc) is 2.82. The van der Waals surface area contributed by atoms with Crippen LogP contribution in [0.2, 0.25) is 5.02 Å². The maximum atomic E-state index is 5.97. The van der Waals surface area contributed by atoms with Gasteiger partial charge in [-0.05, 0) is 24.3 Å². The fraction of sp³-hybridized carbons (Fsp3) is 0.0769. The predicted molar refractivity (Wildman–Crippen MR) is 74.8 cm³/mol. The van der Waals surface area contributed by atoms with Gasteiger partial charge in [-0.1, -0.05) is 17.7 Å². The molecule has 0 unspecified atom stereocenters. The molecule has 0 amide bonds. The number of hydrogen-bond acceptors (Lipinski definition) is 4. The van der Waals surface area contributed by atoms with Gasteiger partial charge in [-0.15, -0.1) is 10.2 Å². The Labute approximate surface area is 114 Å². The van der Waals surface area contributed by atoms with Crippen molar-refractivity contribution in [3.63, 3.8) is 0 Å². The van der Waals surface area contributed by atoms with Gasteiger partial charge in [-0.25, -0.2) is 0 Å². The SMILES string of the molecule is COc1cccc(-n2nc3cc(N)c(Cl)cc3n2)c1. The third-order valence-corrected chi connectivity index (χ3v) is 3.11. The highest BCUT2D eigenvalue weighted by molar-refractivity contribution is 6.33. The third kappa shape index (κ3) is 2.08. The van der Waals surface area contributed by atoms with Crippen LogP contribution in [0.3, 0.4) is 0 Å². The van der Waals surface area contributed by atoms with Crippen LogP contribution in [0.4, 0.5) is 5.69 Å². The summed E-state index contributed by atoms with van der Waals surface area (Å²) in [6, 6.07) is 10.9. The summed E-state index contributed by atoms with van der Waals surface area (Å²) in [7, 11) is 1.62. The molecule has 2 N–H and O–H groups in total. The monoisotopic (exact) mass is 274 g/mol. The molecule has 1 aromatic heterocycles. The van der Waals surface area contributed by atoms with Gasteiger partial charge in [0.1, 0.15) is 16.8 Å². The Balaban J connectivity index is 2.14. The van der Waals surface area contributed by atoms with E-state index in [1.165, 1.54) is 4.80 Å². The maximum Gasteiger partial charge on any atom is 0.121 e. The van der Waals surface area contributed by atoms with Crippen molar-refractivity contribution in [2.45, 2.75) is 0 Å². The number of halogens is 1. The first-order valence-corrected chi connectivity index (χ1v) is 6.01. The van der Waals surface area contributed by atoms with E-state index in [9.17, 15) is 0 Å². The minimum Gasteiger partial charge on any atom is -0.497 e. The summed E-state index contributed by atoms with van der Waals surface area (Å²) >= 11 is 5.97. The second-order valence-corrected chi connectivity index (χ2v) is 4.46. The molecule has 0 aliphatic rings. The van der Waals surface area contributed by atoms with Crippen LogP contribution in [0, 0.1) is 0 Å². The summed E-state index contributed by atoms with van der Waals surface area (Å²) < 4.78 is 5.18. The van der Waals surface area contributed by atoms with Crippen molar-refractivity contribution in [3.8, 4) is 11.4 Å². The summed E-state index contributed by atoms with van der Waals surface area (Å²) in [5.74, 6) is 0.747. The molecule has 0 bridgehead atoms. The van der Waals surface area contributed by atoms with Crippen LogP contribution >= 0.6 is 11.6 Å². The molecule has 3 aromatic rings. The number of aromatic nitrogens is 3. The fourth-order valence-electron chi connectivity index (χ4n) is 1.80. The zero-order valence-corrected chi connectivity index (χ0v) is 10.9. The predicted octanol–water partition coefficient (Wildman–Crippen LogP) is 2.66. The summed E-state index contributed by atoms with van der Waals surface area (Å²) in [6.07, 6.45) is 0. The Morgan fingerprint density at radius 1 is 1.16 bits per heavy atom. The number of ether oxygens (including phenoxy) is 1. The highest BCUT2D eigenvalue weighted by atomic mass is 35.5. The summed E-state index contributed by atoms with van der Waals surface area (Å²) in [6.45, 7) is 0. The van der Waals surface area contributed by atoms with Gasteiger partial charge in [0, 0.05) is 6.07 Å². The van der Waals surface area contributed by atoms with E-state index in [4.69, 9.17) is 22.1 Å². The fourth-order valence-corrected chi connectivity index (χ4v) is 1.96. The van der Waals surface area contributed by atoms with Gasteiger partial charge in [0.2, 0.25) is 0 Å². The molecule has 0 fully saturated rings. The van der Waals surface area contributed by atoms with E-state index in [0.29, 0.717) is 21.7 Å². The maximum absolute atomic E-state index is 5.97. The molecule has 96 valence electrons. The molecule has 0 aliphatic heterocycles. The standard InChI is InChI=1S/C13H11ClN4O/c1-19-9-4-2-3-8(5-9)18-16-12-6-10(14)11(15)7-13(12)17-18/h2-7H,15H2,1H3. The van der Waals surface area contributed by atoms with E-state index in [-0.39, 0.29) is 0 Å². The van der Waals surface area contributed by atoms with Crippen LogP contribution in [-0.2, 0) is 0 Å². The van der Waals surface area contributed by atoms with Crippen molar-refractivity contribution >= 4 is 28.3 Å². The van der Waals surface area contributed by atoms with Crippen molar-refractivity contribution in [1.29, 1.82) is 0 Å². The number of anilines is 1. The first kappa shape index (κ1) is 11.8. The lowest BCUT2D eigenvalue weighted by Crippen LogP contribution is -1.98. The molecule has 3 rings (SSSR count). The van der Waals surface area contributed by atoms with Gasteiger partial charge >= 0.3 is 0 Å². The lowest BCUT2D eigenvalue weighted by atomic mass is 10.3. The molecule has 2 aromatic carbocycles. The normalized spacial score (nSPS) is 10.8. The summed E-state index contributed by atoms with van der Waals surface area (Å²) in [5, 5.41) is 9.22. The van der Waals surface area contributed by atoms with E-state index >= 15 is 0 Å². The molecule has 0 saturated heterocycles. The van der Waals surface area contributed by atoms with Gasteiger partial charge in [0.05, 0.1) is 23.5 Å². The van der Waals surface area contributed by atoms with Crippen LogP contribution < -0.4 is 10.5 Å². The van der Waals surface area contributed by atoms with E-state index in [0.717, 1.165) is 11.4 Å². The number of nitrogens with two attached hydrogens (primary N) is 1. The van der Waals surface area contributed by atoms with Gasteiger partial charge in [-0.2, -0.15) is 4.80 Å². The number of nitrogen functional groups attached to an aromatic ring is 1. The number of methoxy groups -OCH3 is 1. The molecule has 6 heteroatoms. The van der Waals surface area contributed by atoms with E-state index in [1.54, 1.807) is 19.2 Å². The quantitative estimate of drug-likeness (QED) is 0.730. The number of benzene rings is 2. The largest absolute Gasteiger partial charge is 0.497 e. The number of nitrogens with zero attached hydrogens (tertiary/aromatic N) is 3. The van der Waals surface area contributed by atoms with Crippen LogP contribution in [-0.4, -0.2) is 22.1 Å². The molecule has 0 atom stereocenters. The first-order valence-electron chi connectivity index (χ1n) is 5.64. The second-order valence-electron chi connectivity index (χ2n) is 4.05. The van der Waals surface area contributed by atoms with Crippen molar-refractivity contribution < 1.29 is 4.74 Å². The molecule has 0 radical (unpaired) electrons. The van der Waals surface area contributed by atoms with Gasteiger partial charge in [-0.3, -0.25) is 0 Å². The van der Waals surface area contributed by atoms with Gasteiger partial charge < -0.3 is 10.5 Å². The molecule has 1 heterocycles. The zero-order valence-electron chi connectivity index (χ0n) is 10.2. The second kappa shape index (κ2) is 4.44. The third-order valence-electron chi connectivity index (χ3n) is 2.78. The smallest absolute Gasteiger partial charge is 0.121 e. The Morgan fingerprint density at radius 2 is 1.89 bits per heavy atom. The van der Waals surface area contributed by atoms with E-state index < -0.39 is 0 Å². The van der Waals surface area contributed by atoms with Crippen molar-refractivity contribution in [2.24, 2.45) is 0 Å². The van der Waals surface area contributed by atoms with Crippen molar-refractivity contribution in [3.05, 3.63) is 41.4 Å². The number of rotatable bonds is 2. The highest BCUT2D eigenvalue weighted by Crippen LogP contribution is 2.24. The molecule has 0 saturated carbocycles.